The van der Waals surface area contributed by atoms with Crippen molar-refractivity contribution in [3.63, 3.8) is 0 Å². The van der Waals surface area contributed by atoms with Crippen LogP contribution in [-0.4, -0.2) is 12.5 Å². The Morgan fingerprint density at radius 3 is 2.38 bits per heavy atom. The first-order valence-corrected chi connectivity index (χ1v) is 7.00. The molecule has 0 aliphatic rings. The van der Waals surface area contributed by atoms with Crippen LogP contribution in [0.4, 0.5) is 0 Å². The standard InChI is InChI=1S/C17H20N2O2/c1-2-19-16(17(18)20)14-8-10-15(11-9-14)21-12-13-6-4-3-5-7-13/h3-11,16,19H,2,12H2,1H3,(H2,18,20). The van der Waals surface area contributed by atoms with Gasteiger partial charge in [0.2, 0.25) is 5.91 Å². The highest BCUT2D eigenvalue weighted by Crippen LogP contribution is 2.18. The maximum absolute atomic E-state index is 11.4. The fraction of sp³-hybridized carbons (Fsp3) is 0.235. The Morgan fingerprint density at radius 2 is 1.81 bits per heavy atom. The molecule has 1 unspecified atom stereocenters. The molecule has 2 rings (SSSR count). The number of hydrogen-bond donors (Lipinski definition) is 2. The van der Waals surface area contributed by atoms with E-state index in [4.69, 9.17) is 10.5 Å². The number of carbonyl (C=O) groups excluding carboxylic acids is 1. The average Bonchev–Trinajstić information content (AvgIpc) is 2.52. The molecule has 0 saturated heterocycles. The van der Waals surface area contributed by atoms with Gasteiger partial charge in [-0.2, -0.15) is 0 Å². The summed E-state index contributed by atoms with van der Waals surface area (Å²) in [5.41, 5.74) is 7.35. The SMILES string of the molecule is CCNC(C(N)=O)c1ccc(OCc2ccccc2)cc1. The Kier molecular flexibility index (Phi) is 5.35. The van der Waals surface area contributed by atoms with Gasteiger partial charge in [0.25, 0.3) is 0 Å². The van der Waals surface area contributed by atoms with Gasteiger partial charge in [-0.15, -0.1) is 0 Å². The summed E-state index contributed by atoms with van der Waals surface area (Å²) >= 11 is 0. The molecule has 4 heteroatoms. The second-order valence-electron chi connectivity index (χ2n) is 4.74. The number of carbonyl (C=O) groups is 1. The van der Waals surface area contributed by atoms with Crippen molar-refractivity contribution in [2.45, 2.75) is 19.6 Å². The number of primary amides is 1. The van der Waals surface area contributed by atoms with Crippen LogP contribution in [0, 0.1) is 0 Å². The van der Waals surface area contributed by atoms with Crippen molar-refractivity contribution in [1.82, 2.24) is 5.32 Å². The normalized spacial score (nSPS) is 11.9. The number of likely N-dealkylation sites (N-methyl/N-ethyl adjacent to an activating group) is 1. The number of nitrogens with two attached hydrogens (primary N) is 1. The minimum Gasteiger partial charge on any atom is -0.489 e. The molecular formula is C17H20N2O2. The lowest BCUT2D eigenvalue weighted by molar-refractivity contribution is -0.120. The van der Waals surface area contributed by atoms with E-state index in [9.17, 15) is 4.79 Å². The molecule has 0 radical (unpaired) electrons. The third kappa shape index (κ3) is 4.33. The second kappa shape index (κ2) is 7.45. The van der Waals surface area contributed by atoms with Gasteiger partial charge in [-0.25, -0.2) is 0 Å². The van der Waals surface area contributed by atoms with Gasteiger partial charge in [0.15, 0.2) is 0 Å². The fourth-order valence-electron chi connectivity index (χ4n) is 2.08. The quantitative estimate of drug-likeness (QED) is 0.820. The Hall–Kier alpha value is -2.33. The van der Waals surface area contributed by atoms with Crippen LogP contribution in [0.25, 0.3) is 0 Å². The summed E-state index contributed by atoms with van der Waals surface area (Å²) in [5.74, 6) is 0.386. The van der Waals surface area contributed by atoms with E-state index < -0.39 is 6.04 Å². The van der Waals surface area contributed by atoms with Crippen LogP contribution in [0.2, 0.25) is 0 Å². The summed E-state index contributed by atoms with van der Waals surface area (Å²) in [5, 5.41) is 3.06. The molecule has 1 amide bonds. The topological polar surface area (TPSA) is 64.3 Å². The smallest absolute Gasteiger partial charge is 0.239 e. The van der Waals surface area contributed by atoms with Crippen molar-refractivity contribution in [2.75, 3.05) is 6.54 Å². The summed E-state index contributed by atoms with van der Waals surface area (Å²) < 4.78 is 5.71. The summed E-state index contributed by atoms with van der Waals surface area (Å²) in [6.45, 7) is 3.14. The van der Waals surface area contributed by atoms with Gasteiger partial charge in [-0.3, -0.25) is 4.79 Å². The van der Waals surface area contributed by atoms with Crippen molar-refractivity contribution in [3.05, 3.63) is 65.7 Å². The zero-order chi connectivity index (χ0) is 15.1. The van der Waals surface area contributed by atoms with E-state index in [1.165, 1.54) is 0 Å². The molecule has 0 spiro atoms. The first-order chi connectivity index (χ1) is 10.2. The maximum atomic E-state index is 11.4. The zero-order valence-electron chi connectivity index (χ0n) is 12.1. The molecular weight excluding hydrogens is 264 g/mol. The van der Waals surface area contributed by atoms with Gasteiger partial charge in [0.05, 0.1) is 0 Å². The molecule has 3 N–H and O–H groups in total. The van der Waals surface area contributed by atoms with Crippen LogP contribution in [0.1, 0.15) is 24.1 Å². The molecule has 0 bridgehead atoms. The predicted octanol–water partition coefficient (Wildman–Crippen LogP) is 2.40. The van der Waals surface area contributed by atoms with E-state index in [1.54, 1.807) is 0 Å². The van der Waals surface area contributed by atoms with Gasteiger partial charge >= 0.3 is 0 Å². The molecule has 110 valence electrons. The first-order valence-electron chi connectivity index (χ1n) is 7.00. The van der Waals surface area contributed by atoms with Crippen LogP contribution in [0.3, 0.4) is 0 Å². The molecule has 2 aromatic carbocycles. The number of nitrogens with one attached hydrogen (secondary N) is 1. The predicted molar refractivity (Wildman–Crippen MR) is 82.8 cm³/mol. The molecule has 0 heterocycles. The summed E-state index contributed by atoms with van der Waals surface area (Å²) in [6.07, 6.45) is 0. The number of amides is 1. The van der Waals surface area contributed by atoms with E-state index in [-0.39, 0.29) is 5.91 Å². The largest absolute Gasteiger partial charge is 0.489 e. The van der Waals surface area contributed by atoms with E-state index in [1.807, 2.05) is 61.5 Å². The molecule has 1 atom stereocenters. The van der Waals surface area contributed by atoms with Gasteiger partial charge < -0.3 is 15.8 Å². The molecule has 0 aliphatic carbocycles. The number of benzene rings is 2. The van der Waals surface area contributed by atoms with Gasteiger partial charge in [0.1, 0.15) is 18.4 Å². The van der Waals surface area contributed by atoms with E-state index in [2.05, 4.69) is 5.32 Å². The second-order valence-corrected chi connectivity index (χ2v) is 4.74. The highest BCUT2D eigenvalue weighted by Gasteiger charge is 2.15. The molecule has 0 aliphatic heterocycles. The van der Waals surface area contributed by atoms with E-state index in [0.29, 0.717) is 13.2 Å². The summed E-state index contributed by atoms with van der Waals surface area (Å²) in [4.78, 5) is 11.4. The van der Waals surface area contributed by atoms with Crippen LogP contribution >= 0.6 is 0 Å². The van der Waals surface area contributed by atoms with Gasteiger partial charge in [-0.05, 0) is 29.8 Å². The van der Waals surface area contributed by atoms with Crippen LogP contribution < -0.4 is 15.8 Å². The third-order valence-corrected chi connectivity index (χ3v) is 3.15. The lowest BCUT2D eigenvalue weighted by atomic mass is 10.1. The molecule has 0 aromatic heterocycles. The Balaban J connectivity index is 1.99. The summed E-state index contributed by atoms with van der Waals surface area (Å²) in [6, 6.07) is 16.9. The Bertz CT molecular complexity index is 567. The number of ether oxygens (including phenoxy) is 1. The van der Waals surface area contributed by atoms with E-state index >= 15 is 0 Å². The number of rotatable bonds is 7. The van der Waals surface area contributed by atoms with Crippen molar-refractivity contribution in [2.24, 2.45) is 5.73 Å². The first kappa shape index (κ1) is 15.1. The Labute approximate surface area is 124 Å². The summed E-state index contributed by atoms with van der Waals surface area (Å²) in [7, 11) is 0. The Morgan fingerprint density at radius 1 is 1.14 bits per heavy atom. The monoisotopic (exact) mass is 284 g/mol. The zero-order valence-corrected chi connectivity index (χ0v) is 12.1. The highest BCUT2D eigenvalue weighted by atomic mass is 16.5. The van der Waals surface area contributed by atoms with Crippen LogP contribution in [0.5, 0.6) is 5.75 Å². The lowest BCUT2D eigenvalue weighted by Crippen LogP contribution is -2.33. The lowest BCUT2D eigenvalue weighted by Gasteiger charge is -2.15. The van der Waals surface area contributed by atoms with E-state index in [0.717, 1.165) is 16.9 Å². The average molecular weight is 284 g/mol. The van der Waals surface area contributed by atoms with Crippen LogP contribution in [0.15, 0.2) is 54.6 Å². The number of hydrogen-bond acceptors (Lipinski definition) is 3. The van der Waals surface area contributed by atoms with Crippen molar-refractivity contribution in [1.29, 1.82) is 0 Å². The third-order valence-electron chi connectivity index (χ3n) is 3.15. The minimum absolute atomic E-state index is 0.380. The van der Waals surface area contributed by atoms with Crippen LogP contribution in [-0.2, 0) is 11.4 Å². The van der Waals surface area contributed by atoms with Gasteiger partial charge in [-0.1, -0.05) is 49.4 Å². The van der Waals surface area contributed by atoms with Crippen molar-refractivity contribution >= 4 is 5.91 Å². The minimum atomic E-state index is -0.460. The maximum Gasteiger partial charge on any atom is 0.239 e. The molecule has 2 aromatic rings. The van der Waals surface area contributed by atoms with Gasteiger partial charge in [0, 0.05) is 0 Å². The molecule has 0 fully saturated rings. The molecule has 21 heavy (non-hydrogen) atoms. The highest BCUT2D eigenvalue weighted by molar-refractivity contribution is 5.81. The van der Waals surface area contributed by atoms with Crippen molar-refractivity contribution in [3.8, 4) is 5.75 Å². The molecule has 0 saturated carbocycles. The van der Waals surface area contributed by atoms with Crippen molar-refractivity contribution < 1.29 is 9.53 Å². The molecule has 4 nitrogen and oxygen atoms in total. The fourth-order valence-corrected chi connectivity index (χ4v) is 2.08.